The Bertz CT molecular complexity index is 431. The molecule has 16 heavy (non-hydrogen) atoms. The van der Waals surface area contributed by atoms with Gasteiger partial charge in [0.15, 0.2) is 0 Å². The summed E-state index contributed by atoms with van der Waals surface area (Å²) in [6, 6.07) is 6.92. The Morgan fingerprint density at radius 2 is 2.31 bits per heavy atom. The van der Waals surface area contributed by atoms with Crippen molar-refractivity contribution in [3.63, 3.8) is 0 Å². The Labute approximate surface area is 93.0 Å². The second kappa shape index (κ2) is 4.22. The minimum absolute atomic E-state index is 0.264. The zero-order valence-corrected chi connectivity index (χ0v) is 8.90. The van der Waals surface area contributed by atoms with Crippen molar-refractivity contribution in [3.05, 3.63) is 29.8 Å². The number of amides is 3. The molecule has 1 saturated heterocycles. The predicted molar refractivity (Wildman–Crippen MR) is 58.3 cm³/mol. The molecule has 5 nitrogen and oxygen atoms in total. The average molecular weight is 220 g/mol. The number of carbonyl (C=O) groups is 2. The molecule has 0 unspecified atom stereocenters. The Balaban J connectivity index is 2.04. The third-order valence-electron chi connectivity index (χ3n) is 2.28. The van der Waals surface area contributed by atoms with E-state index in [2.05, 4.69) is 10.1 Å². The summed E-state index contributed by atoms with van der Waals surface area (Å²) in [5.41, 5.74) is 1.71. The van der Waals surface area contributed by atoms with Gasteiger partial charge in [-0.2, -0.15) is 0 Å². The van der Waals surface area contributed by atoms with Crippen molar-refractivity contribution in [1.29, 1.82) is 0 Å². The van der Waals surface area contributed by atoms with Crippen LogP contribution in [0.5, 0.6) is 0 Å². The van der Waals surface area contributed by atoms with E-state index in [0.717, 1.165) is 10.5 Å². The molecule has 5 heteroatoms. The largest absolute Gasteiger partial charge is 0.447 e. The van der Waals surface area contributed by atoms with Gasteiger partial charge in [-0.25, -0.2) is 14.5 Å². The van der Waals surface area contributed by atoms with Crippen LogP contribution >= 0.6 is 0 Å². The fraction of sp³-hybridized carbons (Fsp3) is 0.273. The van der Waals surface area contributed by atoms with Crippen LogP contribution in [0.4, 0.5) is 15.3 Å². The van der Waals surface area contributed by atoms with Gasteiger partial charge in [0.1, 0.15) is 6.61 Å². The lowest BCUT2D eigenvalue weighted by Gasteiger charge is -2.12. The Kier molecular flexibility index (Phi) is 2.76. The fourth-order valence-electron chi connectivity index (χ4n) is 1.49. The number of rotatable bonds is 1. The molecule has 1 aromatic carbocycles. The van der Waals surface area contributed by atoms with Gasteiger partial charge in [-0.1, -0.05) is 12.1 Å². The van der Waals surface area contributed by atoms with Crippen molar-refractivity contribution in [2.75, 3.05) is 18.5 Å². The highest BCUT2D eigenvalue weighted by Gasteiger charge is 2.28. The number of hydrogen-bond acceptors (Lipinski definition) is 3. The zero-order chi connectivity index (χ0) is 11.5. The highest BCUT2D eigenvalue weighted by Crippen LogP contribution is 2.12. The van der Waals surface area contributed by atoms with Crippen molar-refractivity contribution in [3.8, 4) is 0 Å². The van der Waals surface area contributed by atoms with Gasteiger partial charge in [0, 0.05) is 5.69 Å². The topological polar surface area (TPSA) is 58.6 Å². The minimum atomic E-state index is -0.592. The number of benzene rings is 1. The molecule has 0 radical (unpaired) electrons. The van der Waals surface area contributed by atoms with E-state index >= 15 is 0 Å². The number of anilines is 1. The normalized spacial score (nSPS) is 14.8. The molecule has 0 saturated carbocycles. The number of ether oxygens (including phenoxy) is 1. The van der Waals surface area contributed by atoms with Gasteiger partial charge < -0.3 is 10.1 Å². The first-order valence-electron chi connectivity index (χ1n) is 4.99. The van der Waals surface area contributed by atoms with Gasteiger partial charge in [-0.3, -0.25) is 0 Å². The smallest absolute Gasteiger partial charge is 0.418 e. The summed E-state index contributed by atoms with van der Waals surface area (Å²) in [5, 5.41) is 2.64. The molecule has 0 aromatic heterocycles. The van der Waals surface area contributed by atoms with Crippen LogP contribution in [0.25, 0.3) is 0 Å². The zero-order valence-electron chi connectivity index (χ0n) is 8.90. The van der Waals surface area contributed by atoms with Crippen LogP contribution in [0.3, 0.4) is 0 Å². The van der Waals surface area contributed by atoms with E-state index in [1.807, 2.05) is 25.1 Å². The van der Waals surface area contributed by atoms with Crippen molar-refractivity contribution in [2.45, 2.75) is 6.92 Å². The monoisotopic (exact) mass is 220 g/mol. The predicted octanol–water partition coefficient (Wildman–Crippen LogP) is 1.98. The van der Waals surface area contributed by atoms with Gasteiger partial charge in [0.05, 0.1) is 6.54 Å². The SMILES string of the molecule is Cc1cccc(NC(=O)N2CCOC2=O)c1. The summed E-state index contributed by atoms with van der Waals surface area (Å²) in [7, 11) is 0. The van der Waals surface area contributed by atoms with Crippen LogP contribution in [0.15, 0.2) is 24.3 Å². The molecular formula is C11H12N2O3. The molecule has 1 aromatic rings. The molecule has 1 fully saturated rings. The molecule has 3 amide bonds. The van der Waals surface area contributed by atoms with Crippen molar-refractivity contribution < 1.29 is 14.3 Å². The number of carbonyl (C=O) groups excluding carboxylic acids is 2. The Morgan fingerprint density at radius 1 is 1.50 bits per heavy atom. The molecule has 1 aliphatic heterocycles. The second-order valence-electron chi connectivity index (χ2n) is 3.57. The van der Waals surface area contributed by atoms with E-state index < -0.39 is 12.1 Å². The maximum atomic E-state index is 11.7. The van der Waals surface area contributed by atoms with E-state index in [-0.39, 0.29) is 6.61 Å². The Hall–Kier alpha value is -2.04. The van der Waals surface area contributed by atoms with Gasteiger partial charge in [-0.15, -0.1) is 0 Å². The molecule has 1 N–H and O–H groups in total. The van der Waals surface area contributed by atoms with Crippen molar-refractivity contribution in [2.24, 2.45) is 0 Å². The number of aryl methyl sites for hydroxylation is 1. The van der Waals surface area contributed by atoms with Gasteiger partial charge in [0.2, 0.25) is 0 Å². The number of urea groups is 1. The summed E-state index contributed by atoms with van der Waals surface area (Å²) < 4.78 is 4.67. The number of imide groups is 1. The third kappa shape index (κ3) is 2.13. The van der Waals surface area contributed by atoms with Crippen LogP contribution in [-0.4, -0.2) is 30.2 Å². The lowest BCUT2D eigenvalue weighted by atomic mass is 10.2. The van der Waals surface area contributed by atoms with E-state index in [9.17, 15) is 9.59 Å². The molecule has 84 valence electrons. The third-order valence-corrected chi connectivity index (χ3v) is 2.28. The van der Waals surface area contributed by atoms with Crippen molar-refractivity contribution >= 4 is 17.8 Å². The summed E-state index contributed by atoms with van der Waals surface area (Å²) in [5.74, 6) is 0. The average Bonchev–Trinajstić information content (AvgIpc) is 2.64. The van der Waals surface area contributed by atoms with Gasteiger partial charge in [-0.05, 0) is 24.6 Å². The van der Waals surface area contributed by atoms with E-state index in [4.69, 9.17) is 0 Å². The molecule has 1 aliphatic rings. The number of cyclic esters (lactones) is 1. The fourth-order valence-corrected chi connectivity index (χ4v) is 1.49. The van der Waals surface area contributed by atoms with E-state index in [1.165, 1.54) is 0 Å². The van der Waals surface area contributed by atoms with E-state index in [0.29, 0.717) is 12.2 Å². The first-order chi connectivity index (χ1) is 7.66. The first-order valence-corrected chi connectivity index (χ1v) is 4.99. The second-order valence-corrected chi connectivity index (χ2v) is 3.57. The molecular weight excluding hydrogens is 208 g/mol. The summed E-state index contributed by atoms with van der Waals surface area (Å²) in [6.07, 6.45) is -0.592. The maximum Gasteiger partial charge on any atom is 0.418 e. The van der Waals surface area contributed by atoms with Crippen LogP contribution in [0, 0.1) is 6.92 Å². The Morgan fingerprint density at radius 3 is 2.94 bits per heavy atom. The number of hydrogen-bond donors (Lipinski definition) is 1. The summed E-state index contributed by atoms with van der Waals surface area (Å²) >= 11 is 0. The quantitative estimate of drug-likeness (QED) is 0.787. The molecule has 0 aliphatic carbocycles. The molecule has 0 atom stereocenters. The highest BCUT2D eigenvalue weighted by atomic mass is 16.6. The van der Waals surface area contributed by atoms with Crippen LogP contribution in [0.1, 0.15) is 5.56 Å². The summed E-state index contributed by atoms with van der Waals surface area (Å²) in [4.78, 5) is 23.8. The molecule has 2 rings (SSSR count). The lowest BCUT2D eigenvalue weighted by molar-refractivity contribution is 0.161. The molecule has 0 bridgehead atoms. The van der Waals surface area contributed by atoms with Crippen molar-refractivity contribution in [1.82, 2.24) is 4.90 Å². The molecule has 0 spiro atoms. The standard InChI is InChI=1S/C11H12N2O3/c1-8-3-2-4-9(7-8)12-10(14)13-5-6-16-11(13)15/h2-4,7H,5-6H2,1H3,(H,12,14). The maximum absolute atomic E-state index is 11.7. The summed E-state index contributed by atoms with van der Waals surface area (Å²) in [6.45, 7) is 2.50. The molecule has 1 heterocycles. The first kappa shape index (κ1) is 10.5. The van der Waals surface area contributed by atoms with Crippen LogP contribution < -0.4 is 5.32 Å². The van der Waals surface area contributed by atoms with Crippen LogP contribution in [-0.2, 0) is 4.74 Å². The van der Waals surface area contributed by atoms with Gasteiger partial charge in [0.25, 0.3) is 0 Å². The lowest BCUT2D eigenvalue weighted by Crippen LogP contribution is -2.35. The highest BCUT2D eigenvalue weighted by molar-refractivity contribution is 5.99. The van der Waals surface area contributed by atoms with E-state index in [1.54, 1.807) is 6.07 Å². The number of nitrogens with zero attached hydrogens (tertiary/aromatic N) is 1. The van der Waals surface area contributed by atoms with Gasteiger partial charge >= 0.3 is 12.1 Å². The number of nitrogens with one attached hydrogen (secondary N) is 1. The van der Waals surface area contributed by atoms with Crippen LogP contribution in [0.2, 0.25) is 0 Å². The minimum Gasteiger partial charge on any atom is -0.447 e.